The minimum atomic E-state index is -0.469. The predicted molar refractivity (Wildman–Crippen MR) is 65.1 cm³/mol. The molecule has 1 aromatic carbocycles. The van der Waals surface area contributed by atoms with Crippen LogP contribution in [0.25, 0.3) is 0 Å². The molecule has 84 valence electrons. The van der Waals surface area contributed by atoms with Crippen molar-refractivity contribution in [2.45, 2.75) is 13.0 Å². The van der Waals surface area contributed by atoms with Crippen LogP contribution in [0.3, 0.4) is 0 Å². The third kappa shape index (κ3) is 5.16. The molecule has 0 heterocycles. The van der Waals surface area contributed by atoms with Crippen LogP contribution in [0.5, 0.6) is 0 Å². The number of rotatable bonds is 6. The van der Waals surface area contributed by atoms with E-state index in [4.69, 9.17) is 4.74 Å². The summed E-state index contributed by atoms with van der Waals surface area (Å²) in [4.78, 5) is 0. The van der Waals surface area contributed by atoms with E-state index < -0.39 is 6.10 Å². The van der Waals surface area contributed by atoms with Crippen molar-refractivity contribution in [2.75, 3.05) is 25.1 Å². The molecule has 1 rings (SSSR count). The van der Waals surface area contributed by atoms with E-state index in [0.29, 0.717) is 19.8 Å². The molecule has 0 radical (unpaired) electrons. The van der Waals surface area contributed by atoms with Crippen LogP contribution in [0.4, 0.5) is 5.69 Å². The van der Waals surface area contributed by atoms with Crippen molar-refractivity contribution in [3.8, 4) is 0 Å². The van der Waals surface area contributed by atoms with Gasteiger partial charge < -0.3 is 15.2 Å². The maximum atomic E-state index is 9.51. The Hall–Kier alpha value is -0.580. The van der Waals surface area contributed by atoms with E-state index in [1.807, 2.05) is 31.2 Å². The van der Waals surface area contributed by atoms with Gasteiger partial charge in [-0.3, -0.25) is 0 Å². The summed E-state index contributed by atoms with van der Waals surface area (Å²) in [5.41, 5.74) is 0.986. The first-order chi connectivity index (χ1) is 7.22. The van der Waals surface area contributed by atoms with Crippen LogP contribution in [0.2, 0.25) is 0 Å². The van der Waals surface area contributed by atoms with Crippen molar-refractivity contribution in [3.05, 3.63) is 28.7 Å². The maximum Gasteiger partial charge on any atom is 0.0945 e. The molecule has 0 fully saturated rings. The number of benzene rings is 1. The van der Waals surface area contributed by atoms with E-state index in [2.05, 4.69) is 21.2 Å². The van der Waals surface area contributed by atoms with E-state index in [-0.39, 0.29) is 0 Å². The summed E-state index contributed by atoms with van der Waals surface area (Å²) in [5.74, 6) is 0. The number of aliphatic hydroxyl groups excluding tert-OH is 1. The van der Waals surface area contributed by atoms with E-state index in [1.54, 1.807) is 0 Å². The van der Waals surface area contributed by atoms with Gasteiger partial charge in [0, 0.05) is 23.3 Å². The zero-order valence-electron chi connectivity index (χ0n) is 8.74. The first kappa shape index (κ1) is 12.5. The SMILES string of the molecule is CCOCC(O)CNc1cccc(Br)c1. The van der Waals surface area contributed by atoms with Gasteiger partial charge in [0.05, 0.1) is 12.7 Å². The summed E-state index contributed by atoms with van der Waals surface area (Å²) in [5, 5.41) is 12.6. The second-order valence-corrected chi connectivity index (χ2v) is 4.12. The van der Waals surface area contributed by atoms with Gasteiger partial charge in [0.1, 0.15) is 0 Å². The van der Waals surface area contributed by atoms with Gasteiger partial charge >= 0.3 is 0 Å². The van der Waals surface area contributed by atoms with Crippen LogP contribution in [0.1, 0.15) is 6.92 Å². The number of hydrogen-bond donors (Lipinski definition) is 2. The molecule has 1 aromatic rings. The molecule has 0 aromatic heterocycles. The largest absolute Gasteiger partial charge is 0.389 e. The van der Waals surface area contributed by atoms with Gasteiger partial charge in [-0.1, -0.05) is 22.0 Å². The molecule has 0 aliphatic rings. The fourth-order valence-electron chi connectivity index (χ4n) is 1.15. The van der Waals surface area contributed by atoms with Crippen LogP contribution < -0.4 is 5.32 Å². The van der Waals surface area contributed by atoms with Crippen molar-refractivity contribution in [1.82, 2.24) is 0 Å². The molecule has 0 spiro atoms. The number of hydrogen-bond acceptors (Lipinski definition) is 3. The summed E-state index contributed by atoms with van der Waals surface area (Å²) < 4.78 is 6.13. The number of aliphatic hydroxyl groups is 1. The number of ether oxygens (including phenoxy) is 1. The Morgan fingerprint density at radius 2 is 2.33 bits per heavy atom. The molecular formula is C11H16BrNO2. The van der Waals surface area contributed by atoms with Gasteiger partial charge in [0.2, 0.25) is 0 Å². The molecule has 0 saturated carbocycles. The van der Waals surface area contributed by atoms with Gasteiger partial charge in [-0.15, -0.1) is 0 Å². The fourth-order valence-corrected chi connectivity index (χ4v) is 1.55. The molecule has 0 saturated heterocycles. The summed E-state index contributed by atoms with van der Waals surface area (Å²) in [6.45, 7) is 3.41. The molecule has 15 heavy (non-hydrogen) atoms. The number of halogens is 1. The van der Waals surface area contributed by atoms with Crippen LogP contribution in [-0.2, 0) is 4.74 Å². The molecule has 0 amide bonds. The lowest BCUT2D eigenvalue weighted by Crippen LogP contribution is -2.24. The summed E-state index contributed by atoms with van der Waals surface area (Å²) in [6, 6.07) is 7.83. The topological polar surface area (TPSA) is 41.5 Å². The Balaban J connectivity index is 2.30. The van der Waals surface area contributed by atoms with Crippen molar-refractivity contribution < 1.29 is 9.84 Å². The minimum Gasteiger partial charge on any atom is -0.389 e. The molecule has 0 aliphatic carbocycles. The number of anilines is 1. The quantitative estimate of drug-likeness (QED) is 0.836. The van der Waals surface area contributed by atoms with Crippen LogP contribution in [0.15, 0.2) is 28.7 Å². The molecule has 1 unspecified atom stereocenters. The van der Waals surface area contributed by atoms with Gasteiger partial charge in [0.15, 0.2) is 0 Å². The van der Waals surface area contributed by atoms with Gasteiger partial charge in [-0.2, -0.15) is 0 Å². The van der Waals surface area contributed by atoms with Gasteiger partial charge in [-0.05, 0) is 25.1 Å². The highest BCUT2D eigenvalue weighted by molar-refractivity contribution is 9.10. The van der Waals surface area contributed by atoms with Crippen molar-refractivity contribution in [2.24, 2.45) is 0 Å². The van der Waals surface area contributed by atoms with Gasteiger partial charge in [0.25, 0.3) is 0 Å². The third-order valence-corrected chi connectivity index (χ3v) is 2.37. The Morgan fingerprint density at radius 3 is 3.00 bits per heavy atom. The summed E-state index contributed by atoms with van der Waals surface area (Å²) >= 11 is 3.38. The van der Waals surface area contributed by atoms with Crippen molar-refractivity contribution in [3.63, 3.8) is 0 Å². The lowest BCUT2D eigenvalue weighted by molar-refractivity contribution is 0.0496. The lowest BCUT2D eigenvalue weighted by Gasteiger charge is -2.12. The van der Waals surface area contributed by atoms with E-state index in [1.165, 1.54) is 0 Å². The van der Waals surface area contributed by atoms with Crippen LogP contribution in [-0.4, -0.2) is 31.0 Å². The highest BCUT2D eigenvalue weighted by Gasteiger charge is 2.03. The standard InChI is InChI=1S/C11H16BrNO2/c1-2-15-8-11(14)7-13-10-5-3-4-9(12)6-10/h3-6,11,13-14H,2,7-8H2,1H3. The predicted octanol–water partition coefficient (Wildman–Crippen LogP) is 2.26. The van der Waals surface area contributed by atoms with Crippen molar-refractivity contribution >= 4 is 21.6 Å². The zero-order chi connectivity index (χ0) is 11.1. The van der Waals surface area contributed by atoms with Crippen LogP contribution >= 0.6 is 15.9 Å². The molecular weight excluding hydrogens is 258 g/mol. The smallest absolute Gasteiger partial charge is 0.0945 e. The Kier molecular flexibility index (Phi) is 5.68. The van der Waals surface area contributed by atoms with Gasteiger partial charge in [-0.25, -0.2) is 0 Å². The van der Waals surface area contributed by atoms with E-state index >= 15 is 0 Å². The summed E-state index contributed by atoms with van der Waals surface area (Å²) in [7, 11) is 0. The number of nitrogens with one attached hydrogen (secondary N) is 1. The average Bonchev–Trinajstić information content (AvgIpc) is 2.23. The second kappa shape index (κ2) is 6.82. The monoisotopic (exact) mass is 273 g/mol. The molecule has 4 heteroatoms. The lowest BCUT2D eigenvalue weighted by atomic mass is 10.3. The first-order valence-electron chi connectivity index (χ1n) is 4.97. The van der Waals surface area contributed by atoms with Crippen molar-refractivity contribution in [1.29, 1.82) is 0 Å². The molecule has 2 N–H and O–H groups in total. The first-order valence-corrected chi connectivity index (χ1v) is 5.77. The maximum absolute atomic E-state index is 9.51. The minimum absolute atomic E-state index is 0.373. The molecule has 0 bridgehead atoms. The third-order valence-electron chi connectivity index (χ3n) is 1.88. The van der Waals surface area contributed by atoms with E-state index in [0.717, 1.165) is 10.2 Å². The second-order valence-electron chi connectivity index (χ2n) is 3.20. The molecule has 0 aliphatic heterocycles. The Bertz CT molecular complexity index is 294. The normalized spacial score (nSPS) is 12.5. The highest BCUT2D eigenvalue weighted by atomic mass is 79.9. The molecule has 1 atom stereocenters. The fraction of sp³-hybridized carbons (Fsp3) is 0.455. The molecule has 3 nitrogen and oxygen atoms in total. The Morgan fingerprint density at radius 1 is 1.53 bits per heavy atom. The summed E-state index contributed by atoms with van der Waals surface area (Å²) in [6.07, 6.45) is -0.469. The highest BCUT2D eigenvalue weighted by Crippen LogP contribution is 2.15. The van der Waals surface area contributed by atoms with E-state index in [9.17, 15) is 5.11 Å². The Labute approximate surface area is 98.6 Å². The zero-order valence-corrected chi connectivity index (χ0v) is 10.3. The average molecular weight is 274 g/mol. The van der Waals surface area contributed by atoms with Crippen LogP contribution in [0, 0.1) is 0 Å².